The summed E-state index contributed by atoms with van der Waals surface area (Å²) >= 11 is 0. The molecule has 6 aromatic carbocycles. The summed E-state index contributed by atoms with van der Waals surface area (Å²) in [5, 5.41) is 19.2. The minimum Gasteiger partial charge on any atom is -0.366 e. The summed E-state index contributed by atoms with van der Waals surface area (Å²) in [7, 11) is -7.92. The molecule has 64 heavy (non-hydrogen) atoms. The average molecular weight is 919 g/mol. The zero-order valence-corrected chi connectivity index (χ0v) is 34.2. The number of amides is 1. The predicted octanol–water partition coefficient (Wildman–Crippen LogP) is 8.30. The van der Waals surface area contributed by atoms with E-state index in [0.29, 0.717) is 22.4 Å². The highest BCUT2D eigenvalue weighted by Gasteiger charge is 2.36. The normalized spacial score (nSPS) is 12.1. The second kappa shape index (κ2) is 17.1. The minimum absolute atomic E-state index is 0.159. The average Bonchev–Trinajstić information content (AvgIpc) is 3.91. The Kier molecular flexibility index (Phi) is 11.9. The molecule has 7 N–H and O–H groups in total. The molecule has 8 rings (SSSR count). The molecule has 0 aliphatic carbocycles. The van der Waals surface area contributed by atoms with Gasteiger partial charge in [0.25, 0.3) is 10.2 Å². The SMILES string of the molecule is NC(=O)c1ccc(-c2ccc(-c3cc(C(F)(F)F)nn3-c3ccc(S(N)(=O)=O)cc3)cc2)cc1.NS(=O)(=O)Nc1ccc(-n2nc(C(F)(F)F)cc2-c2cccc3ccccc23)cc1. The lowest BCUT2D eigenvalue weighted by Crippen LogP contribution is -2.21. The zero-order chi connectivity index (χ0) is 46.2. The fraction of sp³-hybridized carbons (Fsp3) is 0.0465. The molecular formula is C43H32F6N8O5S2. The molecule has 13 nitrogen and oxygen atoms in total. The van der Waals surface area contributed by atoms with Crippen molar-refractivity contribution in [2.75, 3.05) is 4.72 Å². The second-order valence-corrected chi connectivity index (χ2v) is 16.8. The first-order chi connectivity index (χ1) is 30.0. The maximum absolute atomic E-state index is 13.4. The van der Waals surface area contributed by atoms with Crippen LogP contribution in [0.15, 0.2) is 157 Å². The van der Waals surface area contributed by atoms with Gasteiger partial charge in [-0.25, -0.2) is 28.1 Å². The van der Waals surface area contributed by atoms with E-state index in [1.54, 1.807) is 60.7 Å². The van der Waals surface area contributed by atoms with Crippen molar-refractivity contribution >= 4 is 42.6 Å². The molecule has 8 aromatic rings. The van der Waals surface area contributed by atoms with E-state index in [1.165, 1.54) is 53.2 Å². The van der Waals surface area contributed by atoms with Crippen LogP contribution in [-0.4, -0.2) is 42.3 Å². The number of primary amides is 1. The van der Waals surface area contributed by atoms with E-state index in [0.717, 1.165) is 38.7 Å². The van der Waals surface area contributed by atoms with Gasteiger partial charge in [-0.3, -0.25) is 9.52 Å². The molecule has 0 unspecified atom stereocenters. The molecule has 0 aliphatic rings. The molecular weight excluding hydrogens is 887 g/mol. The number of halogens is 6. The Morgan fingerprint density at radius 2 is 1.03 bits per heavy atom. The summed E-state index contributed by atoms with van der Waals surface area (Å²) in [5.74, 6) is -0.548. The molecule has 2 heterocycles. The molecule has 0 saturated heterocycles. The molecule has 328 valence electrons. The number of hydrogen-bond donors (Lipinski definition) is 4. The van der Waals surface area contributed by atoms with Gasteiger partial charge in [-0.05, 0) is 94.7 Å². The molecule has 1 amide bonds. The Morgan fingerprint density at radius 1 is 0.562 bits per heavy atom. The summed E-state index contributed by atoms with van der Waals surface area (Å²) in [6, 6.07) is 38.7. The van der Waals surface area contributed by atoms with Gasteiger partial charge >= 0.3 is 12.4 Å². The van der Waals surface area contributed by atoms with Crippen LogP contribution in [0.5, 0.6) is 0 Å². The molecule has 0 atom stereocenters. The number of carbonyl (C=O) groups excluding carboxylic acids is 1. The van der Waals surface area contributed by atoms with Crippen LogP contribution in [-0.2, 0) is 32.6 Å². The van der Waals surface area contributed by atoms with E-state index in [1.807, 2.05) is 30.3 Å². The second-order valence-electron chi connectivity index (χ2n) is 13.9. The van der Waals surface area contributed by atoms with Crippen molar-refractivity contribution in [1.82, 2.24) is 19.6 Å². The van der Waals surface area contributed by atoms with Gasteiger partial charge in [0.1, 0.15) is 0 Å². The number of alkyl halides is 6. The minimum atomic E-state index is -4.68. The van der Waals surface area contributed by atoms with Gasteiger partial charge in [-0.15, -0.1) is 0 Å². The number of aromatic nitrogens is 4. The maximum atomic E-state index is 13.4. The van der Waals surface area contributed by atoms with Gasteiger partial charge in [-0.1, -0.05) is 78.9 Å². The molecule has 2 aromatic heterocycles. The van der Waals surface area contributed by atoms with Gasteiger partial charge in [0.05, 0.1) is 27.7 Å². The predicted molar refractivity (Wildman–Crippen MR) is 228 cm³/mol. The summed E-state index contributed by atoms with van der Waals surface area (Å²) in [6.07, 6.45) is -9.30. The third-order valence-corrected chi connectivity index (χ3v) is 11.0. The number of fused-ring (bicyclic) bond motifs is 1. The first-order valence-electron chi connectivity index (χ1n) is 18.4. The lowest BCUT2D eigenvalue weighted by Gasteiger charge is -2.11. The number of carbonyl (C=O) groups is 1. The number of primary sulfonamides is 1. The smallest absolute Gasteiger partial charge is 0.366 e. The number of nitrogens with two attached hydrogens (primary N) is 3. The Bertz CT molecular complexity index is 3220. The quantitative estimate of drug-likeness (QED) is 0.104. The largest absolute Gasteiger partial charge is 0.435 e. The highest BCUT2D eigenvalue weighted by atomic mass is 32.2. The van der Waals surface area contributed by atoms with Crippen molar-refractivity contribution in [3.05, 3.63) is 169 Å². The van der Waals surface area contributed by atoms with Gasteiger partial charge < -0.3 is 5.73 Å². The Morgan fingerprint density at radius 3 is 1.55 bits per heavy atom. The van der Waals surface area contributed by atoms with E-state index in [4.69, 9.17) is 16.0 Å². The number of nitrogens with one attached hydrogen (secondary N) is 1. The molecule has 21 heteroatoms. The molecule has 0 saturated carbocycles. The van der Waals surface area contributed by atoms with Crippen molar-refractivity contribution in [2.24, 2.45) is 16.0 Å². The van der Waals surface area contributed by atoms with Crippen LogP contribution >= 0.6 is 0 Å². The van der Waals surface area contributed by atoms with E-state index in [9.17, 15) is 48.0 Å². The number of rotatable bonds is 9. The number of nitrogens with zero attached hydrogens (tertiary/aromatic N) is 4. The van der Waals surface area contributed by atoms with E-state index in [2.05, 4.69) is 14.9 Å². The standard InChI is InChI=1S/C23H17F3N4O3S.C20H15F3N4O2S/c24-23(25,26)21-13-20(30(29-21)18-9-11-19(12-10-18)34(28,32)33)16-5-1-14(2-6-16)15-3-7-17(8-4-15)22(27)31;21-20(22,23)19-12-18(17-7-3-5-13-4-1-2-6-16(13)17)27(25-19)15-10-8-14(9-11-15)26-30(24,28)29/h1-13H,(H2,27,31)(H2,28,32,33);1-12,26H,(H2,24,28,29). The fourth-order valence-corrected chi connectivity index (χ4v) is 7.53. The van der Waals surface area contributed by atoms with Gasteiger partial charge in [0, 0.05) is 22.4 Å². The lowest BCUT2D eigenvalue weighted by molar-refractivity contribution is -0.142. The number of anilines is 1. The highest BCUT2D eigenvalue weighted by molar-refractivity contribution is 7.90. The van der Waals surface area contributed by atoms with Crippen LogP contribution in [0.3, 0.4) is 0 Å². The molecule has 0 fully saturated rings. The van der Waals surface area contributed by atoms with E-state index >= 15 is 0 Å². The van der Waals surface area contributed by atoms with Crippen molar-refractivity contribution in [2.45, 2.75) is 17.2 Å². The van der Waals surface area contributed by atoms with Crippen molar-refractivity contribution in [3.8, 4) is 45.0 Å². The monoisotopic (exact) mass is 918 g/mol. The lowest BCUT2D eigenvalue weighted by atomic mass is 10.0. The number of benzene rings is 6. The summed E-state index contributed by atoms with van der Waals surface area (Å²) in [5.41, 5.74) is 7.24. The summed E-state index contributed by atoms with van der Waals surface area (Å²) < 4.78 is 130. The topological polar surface area (TPSA) is 211 Å². The van der Waals surface area contributed by atoms with Gasteiger partial charge in [-0.2, -0.15) is 45.0 Å². The van der Waals surface area contributed by atoms with E-state index < -0.39 is 49.9 Å². The van der Waals surface area contributed by atoms with Crippen LogP contribution in [0.4, 0.5) is 32.0 Å². The first-order valence-corrected chi connectivity index (χ1v) is 21.5. The molecule has 0 bridgehead atoms. The Hall–Kier alpha value is -7.33. The first kappa shape index (κ1) is 44.7. The Balaban J connectivity index is 0.000000193. The van der Waals surface area contributed by atoms with Gasteiger partial charge in [0.15, 0.2) is 11.4 Å². The van der Waals surface area contributed by atoms with Crippen LogP contribution in [0.25, 0.3) is 55.8 Å². The summed E-state index contributed by atoms with van der Waals surface area (Å²) in [6.45, 7) is 0. The number of sulfonamides is 1. The van der Waals surface area contributed by atoms with Crippen LogP contribution < -0.4 is 20.7 Å². The molecule has 0 spiro atoms. The molecule has 0 radical (unpaired) electrons. The maximum Gasteiger partial charge on any atom is 0.435 e. The summed E-state index contributed by atoms with van der Waals surface area (Å²) in [4.78, 5) is 11.1. The fourth-order valence-electron chi connectivity index (χ4n) is 6.55. The molecule has 0 aliphatic heterocycles. The van der Waals surface area contributed by atoms with Crippen LogP contribution in [0.2, 0.25) is 0 Å². The Labute approximate surface area is 360 Å². The highest BCUT2D eigenvalue weighted by Crippen LogP contribution is 2.37. The third kappa shape index (κ3) is 10.1. The van der Waals surface area contributed by atoms with Crippen molar-refractivity contribution in [1.29, 1.82) is 0 Å². The zero-order valence-electron chi connectivity index (χ0n) is 32.6. The third-order valence-electron chi connectivity index (χ3n) is 9.53. The van der Waals surface area contributed by atoms with E-state index in [-0.39, 0.29) is 27.7 Å². The van der Waals surface area contributed by atoms with Gasteiger partial charge in [0.2, 0.25) is 15.9 Å². The van der Waals surface area contributed by atoms with Crippen molar-refractivity contribution in [3.63, 3.8) is 0 Å². The van der Waals surface area contributed by atoms with Crippen LogP contribution in [0, 0.1) is 0 Å². The van der Waals surface area contributed by atoms with Crippen LogP contribution in [0.1, 0.15) is 21.7 Å². The number of hydrogen-bond acceptors (Lipinski definition) is 7. The van der Waals surface area contributed by atoms with Crippen molar-refractivity contribution < 1.29 is 48.0 Å².